The molecule has 5 nitrogen and oxygen atoms in total. The lowest BCUT2D eigenvalue weighted by molar-refractivity contribution is -0.120. The predicted octanol–water partition coefficient (Wildman–Crippen LogP) is 18.6. The summed E-state index contributed by atoms with van der Waals surface area (Å²) in [5, 5.41) is 0. The van der Waals surface area contributed by atoms with Crippen molar-refractivity contribution in [3.63, 3.8) is 0 Å². The maximum absolute atomic E-state index is 13.3. The van der Waals surface area contributed by atoms with Crippen molar-refractivity contribution in [2.75, 3.05) is 0 Å². The molecule has 5 heterocycles. The minimum atomic E-state index is -0.101. The summed E-state index contributed by atoms with van der Waals surface area (Å²) in [5.74, 6) is 0.408. The second-order valence-corrected chi connectivity index (χ2v) is 27.8. The van der Waals surface area contributed by atoms with Crippen LogP contribution < -0.4 is 0 Å². The maximum Gasteiger partial charge on any atom is 0.133 e. The Morgan fingerprint density at radius 1 is 0.438 bits per heavy atom. The largest absolute Gasteiger partial charge is 0.355 e. The zero-order valence-corrected chi connectivity index (χ0v) is 47.5. The van der Waals surface area contributed by atoms with E-state index in [1.54, 1.807) is 0 Å². The molecule has 3 aromatic heterocycles. The molecule has 1 saturated carbocycles. The molecule has 8 bridgehead atoms. The third-order valence-corrected chi connectivity index (χ3v) is 15.5. The first-order valence-corrected chi connectivity index (χ1v) is 27.0. The zero-order valence-electron chi connectivity index (χ0n) is 47.5. The molecule has 1 atom stereocenters. The minimum Gasteiger partial charge on any atom is -0.355 e. The first-order valence-electron chi connectivity index (χ1n) is 27.0. The molecule has 1 unspecified atom stereocenters. The third-order valence-electron chi connectivity index (χ3n) is 15.5. The normalized spacial score (nSPS) is 16.1. The molecule has 3 aliphatic rings. The summed E-state index contributed by atoms with van der Waals surface area (Å²) in [6.07, 6.45) is 9.78. The molecule has 2 aliphatic heterocycles. The molecule has 0 spiro atoms. The van der Waals surface area contributed by atoms with Crippen molar-refractivity contribution < 1.29 is 4.79 Å². The molecule has 1 aliphatic carbocycles. The molecule has 2 N–H and O–H groups in total. The van der Waals surface area contributed by atoms with Gasteiger partial charge in [-0.3, -0.25) is 4.79 Å². The number of hydrogen-bond donors (Lipinski definition) is 2. The minimum absolute atomic E-state index is 0.0773. The summed E-state index contributed by atoms with van der Waals surface area (Å²) < 4.78 is 0. The molecule has 1 fully saturated rings. The Morgan fingerprint density at radius 2 is 0.808 bits per heavy atom. The SMILES string of the molecule is CC(C)(C)c1cc(-c2c3nc(c(-c4cc(C(C)(C)C)cc(C(C)(C)C)c4)c4ccc([nH]4)c(-c4cc(C(C)(C)C)cc(C(C)(C)C)c4)c4nc(cc5ccc2[nH]5)C(C2CCCC(=O)C2)=C4)C=C3)cc(C(C)(C)C)c1. The lowest BCUT2D eigenvalue weighted by Crippen LogP contribution is -2.16. The van der Waals surface area contributed by atoms with Crippen molar-refractivity contribution in [2.24, 2.45) is 5.92 Å². The van der Waals surface area contributed by atoms with Crippen molar-refractivity contribution in [2.45, 2.75) is 183 Å². The quantitative estimate of drug-likeness (QED) is 0.185. The Labute approximate surface area is 437 Å². The van der Waals surface area contributed by atoms with E-state index in [1.165, 1.54) is 33.4 Å². The molecular formula is C68H82N4O. The Morgan fingerprint density at radius 3 is 1.19 bits per heavy atom. The lowest BCUT2D eigenvalue weighted by Gasteiger charge is -2.26. The van der Waals surface area contributed by atoms with E-state index < -0.39 is 0 Å². The van der Waals surface area contributed by atoms with Crippen LogP contribution in [0.25, 0.3) is 79.2 Å². The van der Waals surface area contributed by atoms with Gasteiger partial charge in [0.2, 0.25) is 0 Å². The van der Waals surface area contributed by atoms with Crippen molar-refractivity contribution in [3.05, 3.63) is 141 Å². The molecule has 0 radical (unpaired) electrons. The van der Waals surface area contributed by atoms with Gasteiger partial charge in [0.1, 0.15) is 5.78 Å². The molecule has 3 aromatic carbocycles. The van der Waals surface area contributed by atoms with Gasteiger partial charge in [-0.15, -0.1) is 0 Å². The highest BCUT2D eigenvalue weighted by Gasteiger charge is 2.30. The van der Waals surface area contributed by atoms with E-state index in [4.69, 9.17) is 9.97 Å². The van der Waals surface area contributed by atoms with Crippen LogP contribution in [0.4, 0.5) is 0 Å². The highest BCUT2D eigenvalue weighted by Crippen LogP contribution is 2.45. The van der Waals surface area contributed by atoms with E-state index in [2.05, 4.69) is 238 Å². The summed E-state index contributed by atoms with van der Waals surface area (Å²) in [5.41, 5.74) is 22.3. The lowest BCUT2D eigenvalue weighted by atomic mass is 9.78. The van der Waals surface area contributed by atoms with E-state index in [0.29, 0.717) is 18.6 Å². The smallest absolute Gasteiger partial charge is 0.133 e. The topological polar surface area (TPSA) is 74.4 Å². The summed E-state index contributed by atoms with van der Waals surface area (Å²) in [6, 6.07) is 32.7. The number of H-pyrrole nitrogens is 2. The number of aromatic nitrogens is 4. The van der Waals surface area contributed by atoms with Gasteiger partial charge < -0.3 is 9.97 Å². The number of benzene rings is 3. The Kier molecular flexibility index (Phi) is 12.8. The fourth-order valence-electron chi connectivity index (χ4n) is 10.7. The second kappa shape index (κ2) is 18.1. The standard InChI is InChI=1S/C68H82N4O/c1-63(2,3)44-28-41(29-45(35-44)64(4,5)6)60-53-23-22-50(69-53)38-58-52(40-20-19-21-51(73)34-40)39-59(72-58)62(43-32-48(67(13,14)15)37-49(33-43)68(16,17)18)57-27-26-56(71-57)61(55-25-24-54(60)70-55)42-30-46(65(7,8)9)36-47(31-42)66(10,11)12/h22-33,35-40,69,71H,19-21,34H2,1-18H3. The first-order chi connectivity index (χ1) is 33.8. The number of fused-ring (bicyclic) bond motifs is 8. The van der Waals surface area contributed by atoms with Gasteiger partial charge in [-0.1, -0.05) is 179 Å². The van der Waals surface area contributed by atoms with Crippen LogP contribution >= 0.6 is 0 Å². The highest BCUT2D eigenvalue weighted by molar-refractivity contribution is 6.00. The summed E-state index contributed by atoms with van der Waals surface area (Å²) in [6.45, 7) is 41.5. The van der Waals surface area contributed by atoms with Gasteiger partial charge in [0.05, 0.1) is 22.8 Å². The van der Waals surface area contributed by atoms with Crippen LogP contribution in [0.5, 0.6) is 0 Å². The summed E-state index contributed by atoms with van der Waals surface area (Å²) in [7, 11) is 0. The highest BCUT2D eigenvalue weighted by atomic mass is 16.1. The Bertz CT molecular complexity index is 3320. The number of carbonyl (C=O) groups excluding carboxylic acids is 1. The maximum atomic E-state index is 13.3. The predicted molar refractivity (Wildman–Crippen MR) is 313 cm³/mol. The zero-order chi connectivity index (χ0) is 53.0. The summed E-state index contributed by atoms with van der Waals surface area (Å²) >= 11 is 0. The molecule has 0 saturated heterocycles. The van der Waals surface area contributed by atoms with Crippen LogP contribution in [0.1, 0.15) is 206 Å². The number of rotatable bonds is 4. The van der Waals surface area contributed by atoms with Crippen molar-refractivity contribution in [1.29, 1.82) is 0 Å². The van der Waals surface area contributed by atoms with Gasteiger partial charge in [0.15, 0.2) is 0 Å². The van der Waals surface area contributed by atoms with Gasteiger partial charge in [-0.25, -0.2) is 9.97 Å². The van der Waals surface area contributed by atoms with Gasteiger partial charge in [0.25, 0.3) is 0 Å². The molecule has 0 amide bonds. The third kappa shape index (κ3) is 10.7. The average Bonchev–Trinajstić information content (AvgIpc) is 4.12. The van der Waals surface area contributed by atoms with Crippen molar-refractivity contribution in [3.8, 4) is 33.4 Å². The molecule has 5 heteroatoms. The molecular weight excluding hydrogens is 889 g/mol. The van der Waals surface area contributed by atoms with Gasteiger partial charge >= 0.3 is 0 Å². The van der Waals surface area contributed by atoms with E-state index in [0.717, 1.165) is 96.6 Å². The van der Waals surface area contributed by atoms with E-state index in [-0.39, 0.29) is 38.4 Å². The fourth-order valence-corrected chi connectivity index (χ4v) is 10.7. The van der Waals surface area contributed by atoms with Crippen molar-refractivity contribution in [1.82, 2.24) is 19.9 Å². The van der Waals surface area contributed by atoms with E-state index in [1.807, 2.05) is 0 Å². The van der Waals surface area contributed by atoms with Crippen molar-refractivity contribution >= 4 is 51.7 Å². The van der Waals surface area contributed by atoms with Gasteiger partial charge in [-0.05, 0) is 155 Å². The van der Waals surface area contributed by atoms with Gasteiger partial charge in [-0.2, -0.15) is 0 Å². The first kappa shape index (κ1) is 51.8. The Balaban J connectivity index is 1.50. The van der Waals surface area contributed by atoms with E-state index >= 15 is 0 Å². The average molecular weight is 971 g/mol. The number of hydrogen-bond acceptors (Lipinski definition) is 3. The summed E-state index contributed by atoms with van der Waals surface area (Å²) in [4.78, 5) is 32.8. The molecule has 6 aromatic rings. The molecule has 9 rings (SSSR count). The second-order valence-electron chi connectivity index (χ2n) is 27.8. The fraction of sp³-hybridized carbons (Fsp3) is 0.426. The number of Topliss-reactive ketones (excluding diaryl/α,β-unsaturated/α-hetero) is 1. The van der Waals surface area contributed by atoms with Crippen LogP contribution in [-0.4, -0.2) is 25.7 Å². The van der Waals surface area contributed by atoms with E-state index in [9.17, 15) is 4.79 Å². The number of nitrogens with one attached hydrogen (secondary N) is 2. The number of nitrogens with zero attached hydrogens (tertiary/aromatic N) is 2. The van der Waals surface area contributed by atoms with Crippen LogP contribution in [0.2, 0.25) is 0 Å². The number of allylic oxidation sites excluding steroid dienone is 1. The van der Waals surface area contributed by atoms with Crippen LogP contribution in [0, 0.1) is 5.92 Å². The Hall–Kier alpha value is -6.07. The monoisotopic (exact) mass is 971 g/mol. The molecule has 380 valence electrons. The molecule has 73 heavy (non-hydrogen) atoms. The number of aromatic amines is 2. The van der Waals surface area contributed by atoms with Gasteiger partial charge in [0, 0.05) is 51.6 Å². The van der Waals surface area contributed by atoms with Crippen LogP contribution in [-0.2, 0) is 37.3 Å². The van der Waals surface area contributed by atoms with Crippen LogP contribution in [0.15, 0.2) is 84.9 Å². The number of ketones is 1. The number of carbonyl (C=O) groups is 1. The van der Waals surface area contributed by atoms with Crippen LogP contribution in [0.3, 0.4) is 0 Å².